The summed E-state index contributed by atoms with van der Waals surface area (Å²) in [6.45, 7) is 15.0. The predicted octanol–water partition coefficient (Wildman–Crippen LogP) is 3.11. The molecule has 0 atom stereocenters. The molecule has 3 aliphatic rings. The van der Waals surface area contributed by atoms with E-state index in [9.17, 15) is 9.18 Å². The van der Waals surface area contributed by atoms with E-state index >= 15 is 0 Å². The molecule has 1 aromatic heterocycles. The van der Waals surface area contributed by atoms with Crippen molar-refractivity contribution in [2.24, 2.45) is 0 Å². The quantitative estimate of drug-likeness (QED) is 0.668. The fourth-order valence-corrected chi connectivity index (χ4v) is 4.10. The molecule has 1 aromatic rings. The van der Waals surface area contributed by atoms with Gasteiger partial charge in [-0.15, -0.1) is 0 Å². The third-order valence-corrected chi connectivity index (χ3v) is 6.74. The van der Waals surface area contributed by atoms with Crippen LogP contribution in [0.15, 0.2) is 12.1 Å². The normalized spacial score (nSPS) is 23.9. The average molecular weight is 433 g/mol. The number of halogens is 1. The van der Waals surface area contributed by atoms with Crippen molar-refractivity contribution in [1.82, 2.24) is 9.88 Å². The van der Waals surface area contributed by atoms with Crippen LogP contribution in [0.25, 0.3) is 0 Å². The second-order valence-corrected chi connectivity index (χ2v) is 10.9. The van der Waals surface area contributed by atoms with Gasteiger partial charge >= 0.3 is 13.2 Å². The van der Waals surface area contributed by atoms with Crippen molar-refractivity contribution in [3.05, 3.63) is 17.9 Å². The Bertz CT molecular complexity index is 866. The Hall–Kier alpha value is -1.87. The standard InChI is InChI=1S/C22H33BFN3O4/c1-19(2,3)29-18(28)27-13-12-26(14-22(27)10-11-22)17-15(24)8-9-16(25-17)23-30-20(4,5)21(6,7)31-23/h8-9H,10-14H2,1-7H3. The third kappa shape index (κ3) is 4.14. The SMILES string of the molecule is CC(C)(C)OC(=O)N1CCN(c2nc(B3OC(C)(C)C(C)(C)O3)ccc2F)CC12CC2. The molecule has 31 heavy (non-hydrogen) atoms. The summed E-state index contributed by atoms with van der Waals surface area (Å²) >= 11 is 0. The van der Waals surface area contributed by atoms with Crippen LogP contribution >= 0.6 is 0 Å². The van der Waals surface area contributed by atoms with Crippen LogP contribution in [0.5, 0.6) is 0 Å². The zero-order chi connectivity index (χ0) is 22.8. The molecule has 2 saturated heterocycles. The van der Waals surface area contributed by atoms with Crippen LogP contribution in [-0.2, 0) is 14.0 Å². The lowest BCUT2D eigenvalue weighted by Crippen LogP contribution is -2.58. The smallest absolute Gasteiger partial charge is 0.444 e. The molecule has 3 fully saturated rings. The fraction of sp³-hybridized carbons (Fsp3) is 0.727. The Kier molecular flexibility index (Phi) is 5.09. The second-order valence-electron chi connectivity index (χ2n) is 10.9. The minimum Gasteiger partial charge on any atom is -0.444 e. The van der Waals surface area contributed by atoms with Gasteiger partial charge < -0.3 is 18.9 Å². The summed E-state index contributed by atoms with van der Waals surface area (Å²) in [5.74, 6) is -0.107. The Balaban J connectivity index is 1.53. The topological polar surface area (TPSA) is 64.1 Å². The Morgan fingerprint density at radius 1 is 1.13 bits per heavy atom. The highest BCUT2D eigenvalue weighted by Gasteiger charge is 2.55. The van der Waals surface area contributed by atoms with E-state index in [-0.39, 0.29) is 23.3 Å². The number of nitrogens with zero attached hydrogens (tertiary/aromatic N) is 3. The van der Waals surface area contributed by atoms with Crippen molar-refractivity contribution in [1.29, 1.82) is 0 Å². The van der Waals surface area contributed by atoms with Crippen LogP contribution in [0.4, 0.5) is 15.0 Å². The maximum Gasteiger partial charge on any atom is 0.514 e. The largest absolute Gasteiger partial charge is 0.514 e. The number of anilines is 1. The summed E-state index contributed by atoms with van der Waals surface area (Å²) in [4.78, 5) is 21.0. The van der Waals surface area contributed by atoms with E-state index < -0.39 is 23.9 Å². The number of piperazine rings is 1. The molecule has 3 heterocycles. The van der Waals surface area contributed by atoms with Crippen LogP contribution in [-0.4, -0.2) is 65.1 Å². The molecule has 170 valence electrons. The van der Waals surface area contributed by atoms with Gasteiger partial charge in [0.25, 0.3) is 0 Å². The zero-order valence-electron chi connectivity index (χ0n) is 19.6. The van der Waals surface area contributed by atoms with E-state index in [1.54, 1.807) is 6.07 Å². The first-order chi connectivity index (χ1) is 14.2. The number of amides is 1. The van der Waals surface area contributed by atoms with Gasteiger partial charge in [-0.25, -0.2) is 14.2 Å². The summed E-state index contributed by atoms with van der Waals surface area (Å²) in [5, 5.41) is 0. The van der Waals surface area contributed by atoms with E-state index in [0.717, 1.165) is 12.8 Å². The molecule has 9 heteroatoms. The number of carbonyl (C=O) groups is 1. The molecule has 4 rings (SSSR count). The summed E-state index contributed by atoms with van der Waals surface area (Å²) in [7, 11) is -0.651. The lowest BCUT2D eigenvalue weighted by atomic mass is 9.84. The van der Waals surface area contributed by atoms with E-state index in [0.29, 0.717) is 25.2 Å². The summed E-state index contributed by atoms with van der Waals surface area (Å²) in [5.41, 5.74) is -1.30. The van der Waals surface area contributed by atoms with Crippen molar-refractivity contribution in [2.75, 3.05) is 24.5 Å². The molecule has 0 N–H and O–H groups in total. The van der Waals surface area contributed by atoms with Crippen LogP contribution < -0.4 is 10.5 Å². The van der Waals surface area contributed by atoms with E-state index in [1.807, 2.05) is 58.3 Å². The first-order valence-corrected chi connectivity index (χ1v) is 11.0. The summed E-state index contributed by atoms with van der Waals surface area (Å²) in [6.07, 6.45) is 1.45. The third-order valence-electron chi connectivity index (χ3n) is 6.74. The Morgan fingerprint density at radius 3 is 2.29 bits per heavy atom. The maximum absolute atomic E-state index is 14.8. The van der Waals surface area contributed by atoms with Crippen molar-refractivity contribution < 1.29 is 23.2 Å². The van der Waals surface area contributed by atoms with Crippen LogP contribution in [0.1, 0.15) is 61.3 Å². The molecule has 0 radical (unpaired) electrons. The number of rotatable bonds is 2. The van der Waals surface area contributed by atoms with Gasteiger partial charge in [0.15, 0.2) is 11.6 Å². The molecule has 1 aliphatic carbocycles. The number of aromatic nitrogens is 1. The van der Waals surface area contributed by atoms with E-state index in [2.05, 4.69) is 4.98 Å². The molecular weight excluding hydrogens is 400 g/mol. The summed E-state index contributed by atoms with van der Waals surface area (Å²) in [6, 6.07) is 3.04. The monoisotopic (exact) mass is 433 g/mol. The minimum atomic E-state index is -0.651. The molecule has 1 spiro atoms. The molecule has 1 saturated carbocycles. The molecule has 1 amide bonds. The second kappa shape index (κ2) is 7.07. The van der Waals surface area contributed by atoms with Crippen LogP contribution in [0, 0.1) is 5.82 Å². The lowest BCUT2D eigenvalue weighted by Gasteiger charge is -2.43. The summed E-state index contributed by atoms with van der Waals surface area (Å²) < 4.78 is 32.6. The first kappa shape index (κ1) is 22.3. The van der Waals surface area contributed by atoms with Crippen molar-refractivity contribution in [3.8, 4) is 0 Å². The highest BCUT2D eigenvalue weighted by Crippen LogP contribution is 2.45. The molecule has 7 nitrogen and oxygen atoms in total. The highest BCUT2D eigenvalue weighted by atomic mass is 19.1. The molecule has 0 unspecified atom stereocenters. The van der Waals surface area contributed by atoms with E-state index in [1.165, 1.54) is 6.07 Å². The Labute approximate surface area is 184 Å². The van der Waals surface area contributed by atoms with Crippen molar-refractivity contribution in [2.45, 2.75) is 83.6 Å². The van der Waals surface area contributed by atoms with Gasteiger partial charge in [0.1, 0.15) is 5.60 Å². The zero-order valence-corrected chi connectivity index (χ0v) is 19.6. The van der Waals surface area contributed by atoms with Crippen molar-refractivity contribution in [3.63, 3.8) is 0 Å². The van der Waals surface area contributed by atoms with Crippen LogP contribution in [0.3, 0.4) is 0 Å². The molecule has 0 aromatic carbocycles. The highest BCUT2D eigenvalue weighted by molar-refractivity contribution is 6.61. The number of carbonyl (C=O) groups excluding carboxylic acids is 1. The number of pyridine rings is 1. The first-order valence-electron chi connectivity index (χ1n) is 11.0. The molecular formula is C22H33BFN3O4. The minimum absolute atomic E-state index is 0.280. The lowest BCUT2D eigenvalue weighted by molar-refractivity contribution is 0.00578. The number of hydrogen-bond acceptors (Lipinski definition) is 6. The fourth-order valence-electron chi connectivity index (χ4n) is 4.10. The van der Waals surface area contributed by atoms with Gasteiger partial charge in [0.05, 0.1) is 22.3 Å². The number of ether oxygens (including phenoxy) is 1. The van der Waals surface area contributed by atoms with Gasteiger partial charge in [-0.05, 0) is 73.4 Å². The van der Waals surface area contributed by atoms with Gasteiger partial charge in [0.2, 0.25) is 0 Å². The van der Waals surface area contributed by atoms with Crippen molar-refractivity contribution >= 4 is 24.6 Å². The predicted molar refractivity (Wildman–Crippen MR) is 117 cm³/mol. The van der Waals surface area contributed by atoms with Gasteiger partial charge in [-0.2, -0.15) is 0 Å². The van der Waals surface area contributed by atoms with Gasteiger partial charge in [-0.3, -0.25) is 4.90 Å². The van der Waals surface area contributed by atoms with Gasteiger partial charge in [0, 0.05) is 19.6 Å². The van der Waals surface area contributed by atoms with Crippen LogP contribution in [0.2, 0.25) is 0 Å². The molecule has 0 bridgehead atoms. The van der Waals surface area contributed by atoms with E-state index in [4.69, 9.17) is 14.0 Å². The number of hydrogen-bond donors (Lipinski definition) is 0. The average Bonchev–Trinajstić information content (AvgIpc) is 3.33. The Morgan fingerprint density at radius 2 is 1.74 bits per heavy atom. The maximum atomic E-state index is 14.8. The molecule has 2 aliphatic heterocycles. The van der Waals surface area contributed by atoms with Gasteiger partial charge in [-0.1, -0.05) is 0 Å².